The number of nitrogens with zero attached hydrogens (tertiary/aromatic N) is 2. The molecule has 0 aromatic heterocycles. The molecule has 144 valence electrons. The molecule has 1 aromatic rings. The van der Waals surface area contributed by atoms with E-state index in [0.29, 0.717) is 12.5 Å². The van der Waals surface area contributed by atoms with E-state index in [1.54, 1.807) is 0 Å². The molecule has 0 amide bonds. The summed E-state index contributed by atoms with van der Waals surface area (Å²) in [6.07, 6.45) is 0. The Morgan fingerprint density at radius 2 is 1.84 bits per heavy atom. The number of aliphatic imine (C=N–C) groups is 1. The molecule has 0 radical (unpaired) electrons. The Hall–Kier alpha value is -0.860. The third kappa shape index (κ3) is 11.4. The molecule has 0 bridgehead atoms. The third-order valence-electron chi connectivity index (χ3n) is 3.97. The minimum absolute atomic E-state index is 0. The van der Waals surface area contributed by atoms with E-state index in [0.717, 1.165) is 45.3 Å². The summed E-state index contributed by atoms with van der Waals surface area (Å²) in [6, 6.07) is 10.3. The fourth-order valence-corrected chi connectivity index (χ4v) is 2.37. The standard InChI is InChI=1S/C19H34N4O.HI/c1-5-23(6-2)13-12-21-19(20-4)22-14-17(3)15-24-16-18-10-8-7-9-11-18;/h7-11,17H,5-6,12-16H2,1-4H3,(H2,20,21,22);1H. The Bertz CT molecular complexity index is 452. The lowest BCUT2D eigenvalue weighted by Gasteiger charge is -2.20. The van der Waals surface area contributed by atoms with Crippen molar-refractivity contribution in [2.75, 3.05) is 46.4 Å². The molecular formula is C19H35IN4O. The van der Waals surface area contributed by atoms with Crippen LogP contribution >= 0.6 is 24.0 Å². The summed E-state index contributed by atoms with van der Waals surface area (Å²) >= 11 is 0. The van der Waals surface area contributed by atoms with E-state index in [-0.39, 0.29) is 24.0 Å². The second kappa shape index (κ2) is 15.4. The van der Waals surface area contributed by atoms with Gasteiger partial charge in [-0.2, -0.15) is 0 Å². The van der Waals surface area contributed by atoms with Gasteiger partial charge in [-0.25, -0.2) is 0 Å². The normalized spacial score (nSPS) is 12.6. The molecule has 5 nitrogen and oxygen atoms in total. The van der Waals surface area contributed by atoms with Crippen LogP contribution in [-0.2, 0) is 11.3 Å². The lowest BCUT2D eigenvalue weighted by atomic mass is 10.2. The topological polar surface area (TPSA) is 48.9 Å². The van der Waals surface area contributed by atoms with Crippen LogP contribution in [0, 0.1) is 5.92 Å². The van der Waals surface area contributed by atoms with E-state index < -0.39 is 0 Å². The summed E-state index contributed by atoms with van der Waals surface area (Å²) in [6.45, 7) is 12.9. The van der Waals surface area contributed by atoms with Crippen LogP contribution in [0.2, 0.25) is 0 Å². The number of hydrogen-bond acceptors (Lipinski definition) is 3. The zero-order valence-corrected chi connectivity index (χ0v) is 18.5. The molecule has 1 aromatic carbocycles. The molecule has 0 aliphatic rings. The highest BCUT2D eigenvalue weighted by atomic mass is 127. The summed E-state index contributed by atoms with van der Waals surface area (Å²) in [5.74, 6) is 1.28. The van der Waals surface area contributed by atoms with Crippen LogP contribution in [0.5, 0.6) is 0 Å². The first-order valence-electron chi connectivity index (χ1n) is 8.98. The molecule has 2 N–H and O–H groups in total. The fourth-order valence-electron chi connectivity index (χ4n) is 2.37. The number of ether oxygens (including phenoxy) is 1. The molecule has 0 spiro atoms. The maximum Gasteiger partial charge on any atom is 0.191 e. The van der Waals surface area contributed by atoms with Crippen molar-refractivity contribution in [3.63, 3.8) is 0 Å². The van der Waals surface area contributed by atoms with Crippen molar-refractivity contribution in [1.29, 1.82) is 0 Å². The first-order chi connectivity index (χ1) is 11.7. The average Bonchev–Trinajstić information content (AvgIpc) is 2.62. The van der Waals surface area contributed by atoms with Crippen molar-refractivity contribution in [1.82, 2.24) is 15.5 Å². The van der Waals surface area contributed by atoms with Gasteiger partial charge in [0.15, 0.2) is 5.96 Å². The minimum Gasteiger partial charge on any atom is -0.376 e. The SMILES string of the molecule is CCN(CC)CCNC(=NC)NCC(C)COCc1ccccc1.I. The first kappa shape index (κ1) is 24.1. The summed E-state index contributed by atoms with van der Waals surface area (Å²) < 4.78 is 5.78. The highest BCUT2D eigenvalue weighted by Gasteiger charge is 2.05. The highest BCUT2D eigenvalue weighted by Crippen LogP contribution is 2.02. The number of nitrogens with one attached hydrogen (secondary N) is 2. The maximum atomic E-state index is 5.78. The molecule has 6 heteroatoms. The van der Waals surface area contributed by atoms with Gasteiger partial charge in [0.1, 0.15) is 0 Å². The van der Waals surface area contributed by atoms with Gasteiger partial charge < -0.3 is 20.3 Å². The lowest BCUT2D eigenvalue weighted by Crippen LogP contribution is -2.43. The summed E-state index contributed by atoms with van der Waals surface area (Å²) in [4.78, 5) is 6.66. The van der Waals surface area contributed by atoms with Crippen LogP contribution < -0.4 is 10.6 Å². The smallest absolute Gasteiger partial charge is 0.191 e. The van der Waals surface area contributed by atoms with E-state index in [1.807, 2.05) is 25.2 Å². The lowest BCUT2D eigenvalue weighted by molar-refractivity contribution is 0.0931. The number of guanidine groups is 1. The second-order valence-electron chi connectivity index (χ2n) is 6.01. The minimum atomic E-state index is 0. The quantitative estimate of drug-likeness (QED) is 0.302. The van der Waals surface area contributed by atoms with Gasteiger partial charge >= 0.3 is 0 Å². The number of hydrogen-bond donors (Lipinski definition) is 2. The van der Waals surface area contributed by atoms with Crippen LogP contribution in [0.25, 0.3) is 0 Å². The molecule has 0 fully saturated rings. The van der Waals surface area contributed by atoms with Crippen molar-refractivity contribution >= 4 is 29.9 Å². The van der Waals surface area contributed by atoms with Gasteiger partial charge in [0.25, 0.3) is 0 Å². The van der Waals surface area contributed by atoms with E-state index in [1.165, 1.54) is 5.56 Å². The average molecular weight is 462 g/mol. The van der Waals surface area contributed by atoms with Gasteiger partial charge in [0.2, 0.25) is 0 Å². The summed E-state index contributed by atoms with van der Waals surface area (Å²) in [5.41, 5.74) is 1.21. The monoisotopic (exact) mass is 462 g/mol. The molecule has 0 heterocycles. The van der Waals surface area contributed by atoms with Crippen LogP contribution in [0.15, 0.2) is 35.3 Å². The Morgan fingerprint density at radius 3 is 2.44 bits per heavy atom. The zero-order chi connectivity index (χ0) is 17.6. The van der Waals surface area contributed by atoms with E-state index >= 15 is 0 Å². The van der Waals surface area contributed by atoms with Crippen LogP contribution in [0.3, 0.4) is 0 Å². The van der Waals surface area contributed by atoms with Crippen molar-refractivity contribution < 1.29 is 4.74 Å². The Balaban J connectivity index is 0.00000576. The van der Waals surface area contributed by atoms with E-state index in [2.05, 4.69) is 53.4 Å². The van der Waals surface area contributed by atoms with Gasteiger partial charge in [0.05, 0.1) is 13.2 Å². The van der Waals surface area contributed by atoms with E-state index in [4.69, 9.17) is 4.74 Å². The summed E-state index contributed by atoms with van der Waals surface area (Å²) in [5, 5.41) is 6.73. The summed E-state index contributed by atoms with van der Waals surface area (Å²) in [7, 11) is 1.81. The first-order valence-corrected chi connectivity index (χ1v) is 8.98. The molecule has 0 saturated carbocycles. The number of likely N-dealkylation sites (N-methyl/N-ethyl adjacent to an activating group) is 1. The van der Waals surface area contributed by atoms with Gasteiger partial charge in [-0.1, -0.05) is 51.1 Å². The molecule has 0 saturated heterocycles. The van der Waals surface area contributed by atoms with Crippen molar-refractivity contribution in [3.05, 3.63) is 35.9 Å². The van der Waals surface area contributed by atoms with E-state index in [9.17, 15) is 0 Å². The number of halogens is 1. The number of rotatable bonds is 11. The predicted molar refractivity (Wildman–Crippen MR) is 118 cm³/mol. The third-order valence-corrected chi connectivity index (χ3v) is 3.97. The molecule has 0 aliphatic carbocycles. The Kier molecular flexibility index (Phi) is 14.9. The number of benzene rings is 1. The van der Waals surface area contributed by atoms with Crippen molar-refractivity contribution in [3.8, 4) is 0 Å². The van der Waals surface area contributed by atoms with Crippen LogP contribution in [0.1, 0.15) is 26.3 Å². The van der Waals surface area contributed by atoms with Gasteiger partial charge in [-0.3, -0.25) is 4.99 Å². The molecule has 1 atom stereocenters. The Morgan fingerprint density at radius 1 is 1.16 bits per heavy atom. The largest absolute Gasteiger partial charge is 0.376 e. The Labute approximate surface area is 170 Å². The van der Waals surface area contributed by atoms with Gasteiger partial charge in [-0.15, -0.1) is 24.0 Å². The molecule has 25 heavy (non-hydrogen) atoms. The van der Waals surface area contributed by atoms with Gasteiger partial charge in [0, 0.05) is 26.7 Å². The second-order valence-corrected chi connectivity index (χ2v) is 6.01. The molecule has 1 unspecified atom stereocenters. The van der Waals surface area contributed by atoms with Crippen molar-refractivity contribution in [2.24, 2.45) is 10.9 Å². The fraction of sp³-hybridized carbons (Fsp3) is 0.632. The van der Waals surface area contributed by atoms with Crippen molar-refractivity contribution in [2.45, 2.75) is 27.4 Å². The molecule has 1 rings (SSSR count). The predicted octanol–water partition coefficient (Wildman–Crippen LogP) is 2.96. The zero-order valence-electron chi connectivity index (χ0n) is 16.1. The highest BCUT2D eigenvalue weighted by molar-refractivity contribution is 14.0. The van der Waals surface area contributed by atoms with Crippen LogP contribution in [0.4, 0.5) is 0 Å². The van der Waals surface area contributed by atoms with Gasteiger partial charge in [-0.05, 0) is 24.6 Å². The molecular weight excluding hydrogens is 427 g/mol. The van der Waals surface area contributed by atoms with Crippen LogP contribution in [-0.4, -0.2) is 57.2 Å². The maximum absolute atomic E-state index is 5.78. The molecule has 0 aliphatic heterocycles.